The van der Waals surface area contributed by atoms with Crippen molar-refractivity contribution in [3.63, 3.8) is 0 Å². The molecular weight excluding hydrogens is 394 g/mol. The van der Waals surface area contributed by atoms with Crippen LogP contribution in [-0.2, 0) is 23.5 Å². The molecule has 0 aliphatic rings. The Kier molecular flexibility index (Phi) is 17.3. The Morgan fingerprint density at radius 1 is 1.00 bits per heavy atom. The van der Waals surface area contributed by atoms with Gasteiger partial charge < -0.3 is 29.1 Å². The Bertz CT molecular complexity index is 475. The van der Waals surface area contributed by atoms with Crippen molar-refractivity contribution in [3.8, 4) is 0 Å². The van der Waals surface area contributed by atoms with Gasteiger partial charge in [-0.3, -0.25) is 14.2 Å². The molecule has 1 unspecified atom stereocenters. The van der Waals surface area contributed by atoms with E-state index in [9.17, 15) is 18.7 Å². The molecule has 0 fully saturated rings. The maximum absolute atomic E-state index is 10.9. The third-order valence-corrected chi connectivity index (χ3v) is 3.58. The predicted molar refractivity (Wildman–Crippen MR) is 101 cm³/mol. The fraction of sp³-hybridized carbons (Fsp3) is 0.846. The molecule has 0 bridgehead atoms. The molecule has 0 radical (unpaired) electrons. The molecule has 0 rings (SSSR count). The third-order valence-electron chi connectivity index (χ3n) is 2.01. The van der Waals surface area contributed by atoms with Crippen molar-refractivity contribution in [3.05, 3.63) is 0 Å². The number of alkyl halides is 1. The lowest BCUT2D eigenvalue weighted by Crippen LogP contribution is -2.26. The van der Waals surface area contributed by atoms with Gasteiger partial charge >= 0.3 is 0 Å². The molecule has 0 saturated heterocycles. The monoisotopic (exact) mass is 424 g/mol. The maximum atomic E-state index is 10.9. The van der Waals surface area contributed by atoms with Gasteiger partial charge in [0.1, 0.15) is 26.0 Å². The zero-order valence-electron chi connectivity index (χ0n) is 15.9. The van der Waals surface area contributed by atoms with Crippen LogP contribution in [0.4, 0.5) is 0 Å². The Morgan fingerprint density at radius 2 is 1.36 bits per heavy atom. The SMILES string of the molecule is CN(C)C(=O)CCl.CN(C)C(=O)COCP(C)(=O)O.CP(C)(=O)CO. The van der Waals surface area contributed by atoms with Crippen molar-refractivity contribution in [1.82, 2.24) is 9.80 Å². The van der Waals surface area contributed by atoms with Crippen molar-refractivity contribution in [2.45, 2.75) is 0 Å². The van der Waals surface area contributed by atoms with Crippen molar-refractivity contribution in [2.75, 3.05) is 73.4 Å². The minimum Gasteiger partial charge on any atom is -0.389 e. The number of hydrogen-bond acceptors (Lipinski definition) is 6. The van der Waals surface area contributed by atoms with Crippen LogP contribution in [0.2, 0.25) is 0 Å². The van der Waals surface area contributed by atoms with Gasteiger partial charge in [0.05, 0.1) is 6.35 Å². The summed E-state index contributed by atoms with van der Waals surface area (Å²) in [6.07, 6.45) is -0.445. The van der Waals surface area contributed by atoms with E-state index in [0.29, 0.717) is 0 Å². The van der Waals surface area contributed by atoms with Crippen LogP contribution in [0, 0.1) is 0 Å². The maximum Gasteiger partial charge on any atom is 0.248 e. The summed E-state index contributed by atoms with van der Waals surface area (Å²) >= 11 is 5.16. The summed E-state index contributed by atoms with van der Waals surface area (Å²) in [6, 6.07) is 0. The van der Waals surface area contributed by atoms with E-state index >= 15 is 0 Å². The van der Waals surface area contributed by atoms with Gasteiger partial charge in [-0.25, -0.2) is 0 Å². The quantitative estimate of drug-likeness (QED) is 0.477. The molecule has 0 aromatic carbocycles. The van der Waals surface area contributed by atoms with Crippen LogP contribution in [0.25, 0.3) is 0 Å². The lowest BCUT2D eigenvalue weighted by atomic mass is 10.6. The van der Waals surface area contributed by atoms with Crippen LogP contribution in [0.1, 0.15) is 0 Å². The molecule has 0 aliphatic heterocycles. The molecule has 0 aromatic heterocycles. The van der Waals surface area contributed by atoms with E-state index in [1.165, 1.54) is 16.5 Å². The first kappa shape index (κ1) is 29.3. The molecular formula is C13H31ClN2O7P2. The van der Waals surface area contributed by atoms with Gasteiger partial charge in [0.15, 0.2) is 0 Å². The number of likely N-dealkylation sites (N-methyl/N-ethyl adjacent to an activating group) is 1. The Labute approximate surface area is 155 Å². The normalized spacial score (nSPS) is 12.6. The summed E-state index contributed by atoms with van der Waals surface area (Å²) in [5, 5.41) is 8.14. The van der Waals surface area contributed by atoms with Crippen molar-refractivity contribution >= 4 is 37.9 Å². The lowest BCUT2D eigenvalue weighted by molar-refractivity contribution is -0.132. The molecule has 0 spiro atoms. The molecule has 0 aromatic rings. The molecule has 152 valence electrons. The van der Waals surface area contributed by atoms with E-state index in [4.69, 9.17) is 26.3 Å². The van der Waals surface area contributed by atoms with E-state index in [1.54, 1.807) is 41.5 Å². The molecule has 9 nitrogen and oxygen atoms in total. The largest absolute Gasteiger partial charge is 0.389 e. The van der Waals surface area contributed by atoms with Gasteiger partial charge in [0.25, 0.3) is 0 Å². The zero-order valence-corrected chi connectivity index (χ0v) is 18.5. The fourth-order valence-electron chi connectivity index (χ4n) is 0.551. The summed E-state index contributed by atoms with van der Waals surface area (Å²) in [5.41, 5.74) is 0. The summed E-state index contributed by atoms with van der Waals surface area (Å²) in [7, 11) is 1.29. The number of aliphatic hydroxyl groups is 1. The number of carbonyl (C=O) groups excluding carboxylic acids is 2. The van der Waals surface area contributed by atoms with Crippen LogP contribution in [0.15, 0.2) is 0 Å². The van der Waals surface area contributed by atoms with Gasteiger partial charge in [0.2, 0.25) is 19.2 Å². The number of amides is 2. The van der Waals surface area contributed by atoms with Gasteiger partial charge in [-0.15, -0.1) is 11.6 Å². The average molecular weight is 425 g/mol. The summed E-state index contributed by atoms with van der Waals surface area (Å²) in [5.74, 6) is -0.197. The third kappa shape index (κ3) is 28.6. The van der Waals surface area contributed by atoms with Crippen LogP contribution < -0.4 is 0 Å². The minimum atomic E-state index is -3.15. The second kappa shape index (κ2) is 14.7. The highest BCUT2D eigenvalue weighted by Crippen LogP contribution is 2.34. The summed E-state index contributed by atoms with van der Waals surface area (Å²) < 4.78 is 25.7. The van der Waals surface area contributed by atoms with E-state index in [0.717, 1.165) is 0 Å². The standard InChI is InChI=1S/C6H14NO4P.C4H8ClNO.C3H9O2P/c1-7(2)6(8)4-11-5-12(3,9)10;1-6(2)4(7)3-5;1-6(2,5)3-4/h4-5H2,1-3H3,(H,9,10);3H2,1-2H3;4H,3H2,1-2H3. The van der Waals surface area contributed by atoms with E-state index in [2.05, 4.69) is 0 Å². The van der Waals surface area contributed by atoms with Crippen molar-refractivity contribution in [2.24, 2.45) is 0 Å². The first-order chi connectivity index (χ1) is 11.1. The van der Waals surface area contributed by atoms with Crippen molar-refractivity contribution < 1.29 is 33.5 Å². The van der Waals surface area contributed by atoms with E-state index in [-0.39, 0.29) is 37.0 Å². The Morgan fingerprint density at radius 3 is 1.52 bits per heavy atom. The fourth-order valence-corrected chi connectivity index (χ4v) is 1.22. The van der Waals surface area contributed by atoms with E-state index < -0.39 is 14.5 Å². The van der Waals surface area contributed by atoms with Gasteiger partial charge in [-0.05, 0) is 13.3 Å². The van der Waals surface area contributed by atoms with Crippen molar-refractivity contribution in [1.29, 1.82) is 0 Å². The number of aliphatic hydroxyl groups excluding tert-OH is 1. The molecule has 0 aliphatic carbocycles. The molecule has 0 saturated carbocycles. The van der Waals surface area contributed by atoms with Gasteiger partial charge in [-0.2, -0.15) is 0 Å². The van der Waals surface area contributed by atoms with Crippen LogP contribution in [0.5, 0.6) is 0 Å². The van der Waals surface area contributed by atoms with Crippen LogP contribution in [-0.4, -0.2) is 105 Å². The smallest absolute Gasteiger partial charge is 0.248 e. The highest BCUT2D eigenvalue weighted by molar-refractivity contribution is 7.62. The molecule has 1 atom stereocenters. The number of rotatable bonds is 6. The molecule has 2 amide bonds. The van der Waals surface area contributed by atoms with Crippen LogP contribution >= 0.6 is 26.1 Å². The summed E-state index contributed by atoms with van der Waals surface area (Å²) in [4.78, 5) is 32.7. The van der Waals surface area contributed by atoms with Gasteiger partial charge in [0, 0.05) is 34.9 Å². The summed E-state index contributed by atoms with van der Waals surface area (Å²) in [6.45, 7) is 4.14. The number of nitrogens with zero attached hydrogens (tertiary/aromatic N) is 2. The molecule has 12 heteroatoms. The topological polar surface area (TPSA) is 124 Å². The molecule has 0 heterocycles. The number of halogens is 1. The van der Waals surface area contributed by atoms with Gasteiger partial charge in [-0.1, -0.05) is 0 Å². The number of hydrogen-bond donors (Lipinski definition) is 2. The Hall–Kier alpha value is -0.430. The molecule has 2 N–H and O–H groups in total. The first-order valence-corrected chi connectivity index (χ1v) is 12.7. The zero-order chi connectivity index (χ0) is 20.8. The second-order valence-electron chi connectivity index (χ2n) is 5.95. The predicted octanol–water partition coefficient (Wildman–Crippen LogP) is 0.821. The minimum absolute atomic E-state index is 0.0540. The number of ether oxygens (including phenoxy) is 1. The van der Waals surface area contributed by atoms with E-state index in [1.807, 2.05) is 0 Å². The van der Waals surface area contributed by atoms with Crippen LogP contribution in [0.3, 0.4) is 0 Å². The lowest BCUT2D eigenvalue weighted by Gasteiger charge is -2.11. The average Bonchev–Trinajstić information content (AvgIpc) is 2.45. The number of carbonyl (C=O) groups is 2. The molecule has 25 heavy (non-hydrogen) atoms. The first-order valence-electron chi connectivity index (χ1n) is 7.05. The Balaban J connectivity index is -0.000000317. The second-order valence-corrected chi connectivity index (χ2v) is 12.0. The highest BCUT2D eigenvalue weighted by atomic mass is 35.5. The highest BCUT2D eigenvalue weighted by Gasteiger charge is 2.11.